The number of carboxylic acid groups (broad SMARTS) is 3. The number of primary amides is 1. The third kappa shape index (κ3) is 30.4. The largest absolute Gasteiger partial charge is 0.481 e. The molecule has 0 unspecified atom stereocenters. The number of hydrogen-bond acceptors (Lipinski definition) is 17. The number of nitrogens with one attached hydrogen (secondary N) is 11. The molecule has 10 atom stereocenters. The third-order valence-corrected chi connectivity index (χ3v) is 14.2. The summed E-state index contributed by atoms with van der Waals surface area (Å²) in [5.41, 5.74) is 17.5. The molecule has 0 saturated carbocycles. The summed E-state index contributed by atoms with van der Waals surface area (Å²) in [6.45, 7) is 9.90. The molecule has 0 saturated heterocycles. The molecule has 32 heteroatoms. The van der Waals surface area contributed by atoms with E-state index in [9.17, 15) is 82.1 Å². The van der Waals surface area contributed by atoms with Crippen molar-refractivity contribution in [3.8, 4) is 0 Å². The number of benzene rings is 2. The van der Waals surface area contributed by atoms with E-state index in [4.69, 9.17) is 22.3 Å². The predicted octanol–water partition coefficient (Wildman–Crippen LogP) is -3.41. The Morgan fingerprint density at radius 1 is 0.409 bits per heavy atom. The van der Waals surface area contributed by atoms with Gasteiger partial charge in [0, 0.05) is 25.7 Å². The standard InChI is InChI=1S/C61H92N14O18/c1-32(2)26-41(70-53(85)38(20-14-15-25-62)69-54(86)39(21-23-45(64)76)67-46(77)30-63)58(90)75-51(34(5)6)61(93)73-43(28-37-18-12-9-13-19-37)57(89)71-42(27-36-16-10-8-11-17-36)56(88)66-35(7)52(84)68-40(22-24-47(78)79)55(87)72-44(29-48(80)81)59(91)74-50(33(3)4)60(92)65-31-49(82)83/h8-13,16-19,32-35,38-44,50-51H,14-15,20-31,62-63H2,1-7H3,(H2,64,76)(H,65,92)(H,66,88)(H,67,77)(H,68,84)(H,69,86)(H,70,85)(H,71,89)(H,72,87)(H,73,93)(H,74,91)(H,75,90)(H,78,79)(H,80,81)(H,82,83)/t35-,38-,39-,40-,41-,42-,43-,44-,50-,51-/m0/s1. The molecule has 0 spiro atoms. The molecule has 0 aromatic heterocycles. The van der Waals surface area contributed by atoms with Gasteiger partial charge in [0.05, 0.1) is 13.0 Å². The van der Waals surface area contributed by atoms with Crippen molar-refractivity contribution in [3.05, 3.63) is 71.8 Å². The van der Waals surface area contributed by atoms with Crippen LogP contribution in [0, 0.1) is 17.8 Å². The number of unbranched alkanes of at least 4 members (excludes halogenated alkanes) is 1. The average molecular weight is 1310 g/mol. The fraction of sp³-hybridized carbons (Fsp3) is 0.557. The summed E-state index contributed by atoms with van der Waals surface area (Å²) in [6.07, 6.45) is -2.47. The molecule has 2 aromatic carbocycles. The van der Waals surface area contributed by atoms with Crippen LogP contribution in [0.25, 0.3) is 0 Å². The second kappa shape index (κ2) is 41.0. The smallest absolute Gasteiger partial charge is 0.322 e. The van der Waals surface area contributed by atoms with E-state index >= 15 is 0 Å². The summed E-state index contributed by atoms with van der Waals surface area (Å²) in [5, 5.41) is 55.4. The van der Waals surface area contributed by atoms with Gasteiger partial charge in [0.2, 0.25) is 70.9 Å². The highest BCUT2D eigenvalue weighted by Gasteiger charge is 2.37. The molecule has 0 aliphatic rings. The Kier molecular flexibility index (Phi) is 35.1. The lowest BCUT2D eigenvalue weighted by Crippen LogP contribution is -2.61. The molecule has 2 aromatic rings. The van der Waals surface area contributed by atoms with Crippen LogP contribution in [0.4, 0.5) is 0 Å². The monoisotopic (exact) mass is 1310 g/mol. The Hall–Kier alpha value is -9.59. The zero-order valence-electron chi connectivity index (χ0n) is 53.4. The van der Waals surface area contributed by atoms with Gasteiger partial charge < -0.3 is 91.0 Å². The fourth-order valence-electron chi connectivity index (χ4n) is 9.19. The summed E-state index contributed by atoms with van der Waals surface area (Å²) in [5.74, 6) is -17.2. The van der Waals surface area contributed by atoms with E-state index in [0.29, 0.717) is 24.0 Å². The van der Waals surface area contributed by atoms with Gasteiger partial charge in [-0.25, -0.2) is 0 Å². The molecule has 93 heavy (non-hydrogen) atoms. The lowest BCUT2D eigenvalue weighted by molar-refractivity contribution is -0.142. The van der Waals surface area contributed by atoms with Crippen molar-refractivity contribution in [2.24, 2.45) is 35.0 Å². The topological polar surface area (TPSA) is 527 Å². The summed E-state index contributed by atoms with van der Waals surface area (Å²) >= 11 is 0. The molecule has 12 amide bonds. The Morgan fingerprint density at radius 2 is 0.817 bits per heavy atom. The Bertz CT molecular complexity index is 2900. The zero-order valence-corrected chi connectivity index (χ0v) is 53.4. The molecule has 0 aliphatic heterocycles. The summed E-state index contributed by atoms with van der Waals surface area (Å²) in [4.78, 5) is 198. The van der Waals surface area contributed by atoms with Crippen LogP contribution < -0.4 is 75.7 Å². The van der Waals surface area contributed by atoms with E-state index in [1.165, 1.54) is 20.8 Å². The lowest BCUT2D eigenvalue weighted by atomic mass is 9.98. The second-order valence-electron chi connectivity index (χ2n) is 23.3. The highest BCUT2D eigenvalue weighted by atomic mass is 16.4. The molecule has 0 fully saturated rings. The van der Waals surface area contributed by atoms with Crippen LogP contribution in [-0.4, -0.2) is 184 Å². The molecule has 0 bridgehead atoms. The van der Waals surface area contributed by atoms with Gasteiger partial charge in [-0.15, -0.1) is 0 Å². The maximum Gasteiger partial charge on any atom is 0.322 e. The van der Waals surface area contributed by atoms with Gasteiger partial charge in [-0.1, -0.05) is 102 Å². The van der Waals surface area contributed by atoms with E-state index in [-0.39, 0.29) is 51.0 Å². The Labute approximate surface area is 538 Å². The first-order valence-corrected chi connectivity index (χ1v) is 30.5. The number of amides is 12. The van der Waals surface area contributed by atoms with Crippen LogP contribution in [-0.2, 0) is 84.8 Å². The number of rotatable bonds is 43. The first-order chi connectivity index (χ1) is 43.8. The molecular formula is C61H92N14O18. The van der Waals surface area contributed by atoms with Gasteiger partial charge in [0.15, 0.2) is 0 Å². The Balaban J connectivity index is 2.51. The van der Waals surface area contributed by atoms with Crippen LogP contribution in [0.2, 0.25) is 0 Å². The lowest BCUT2D eigenvalue weighted by Gasteiger charge is -2.29. The molecular weight excluding hydrogens is 1220 g/mol. The van der Waals surface area contributed by atoms with Crippen molar-refractivity contribution in [1.82, 2.24) is 58.5 Å². The van der Waals surface area contributed by atoms with Crippen molar-refractivity contribution < 1.29 is 87.2 Å². The van der Waals surface area contributed by atoms with E-state index < -0.39 is 193 Å². The molecule has 0 heterocycles. The first kappa shape index (κ1) is 79.5. The molecule has 32 nitrogen and oxygen atoms in total. The number of aliphatic carboxylic acids is 3. The van der Waals surface area contributed by atoms with E-state index in [0.717, 1.165) is 0 Å². The molecule has 0 aliphatic carbocycles. The number of carboxylic acids is 3. The highest BCUT2D eigenvalue weighted by molar-refractivity contribution is 6.00. The molecule has 2 rings (SSSR count). The van der Waals surface area contributed by atoms with Gasteiger partial charge in [-0.3, -0.25) is 71.9 Å². The van der Waals surface area contributed by atoms with E-state index in [1.807, 2.05) is 0 Å². The highest BCUT2D eigenvalue weighted by Crippen LogP contribution is 2.14. The van der Waals surface area contributed by atoms with Crippen LogP contribution in [0.1, 0.15) is 117 Å². The zero-order chi connectivity index (χ0) is 70.1. The fourth-order valence-corrected chi connectivity index (χ4v) is 9.19. The number of carbonyl (C=O) groups is 15. The van der Waals surface area contributed by atoms with E-state index in [2.05, 4.69) is 58.5 Å². The number of nitrogens with two attached hydrogens (primary N) is 3. The van der Waals surface area contributed by atoms with Crippen molar-refractivity contribution in [2.45, 2.75) is 180 Å². The average Bonchev–Trinajstić information content (AvgIpc) is 0.968. The summed E-state index contributed by atoms with van der Waals surface area (Å²) < 4.78 is 0. The first-order valence-electron chi connectivity index (χ1n) is 30.5. The maximum atomic E-state index is 14.7. The molecule has 514 valence electrons. The van der Waals surface area contributed by atoms with Crippen molar-refractivity contribution >= 4 is 88.8 Å². The minimum absolute atomic E-state index is 0.0321. The van der Waals surface area contributed by atoms with E-state index in [1.54, 1.807) is 88.4 Å². The Morgan fingerprint density at radius 3 is 1.28 bits per heavy atom. The summed E-state index contributed by atoms with van der Waals surface area (Å²) in [6, 6.07) is 1.76. The van der Waals surface area contributed by atoms with Crippen molar-refractivity contribution in [3.63, 3.8) is 0 Å². The van der Waals surface area contributed by atoms with Gasteiger partial charge in [-0.05, 0) is 80.9 Å². The predicted molar refractivity (Wildman–Crippen MR) is 335 cm³/mol. The minimum atomic E-state index is -1.93. The quantitative estimate of drug-likeness (QED) is 0.0288. The van der Waals surface area contributed by atoms with Crippen LogP contribution in [0.3, 0.4) is 0 Å². The third-order valence-electron chi connectivity index (χ3n) is 14.2. The van der Waals surface area contributed by atoms with Gasteiger partial charge in [0.25, 0.3) is 0 Å². The van der Waals surface area contributed by atoms with Crippen LogP contribution in [0.5, 0.6) is 0 Å². The van der Waals surface area contributed by atoms with Crippen LogP contribution >= 0.6 is 0 Å². The minimum Gasteiger partial charge on any atom is -0.481 e. The van der Waals surface area contributed by atoms with Gasteiger partial charge in [0.1, 0.15) is 67.0 Å². The van der Waals surface area contributed by atoms with Crippen molar-refractivity contribution in [2.75, 3.05) is 19.6 Å². The molecule has 0 radical (unpaired) electrons. The number of carbonyl (C=O) groups excluding carboxylic acids is 12. The van der Waals surface area contributed by atoms with Gasteiger partial charge in [-0.2, -0.15) is 0 Å². The summed E-state index contributed by atoms with van der Waals surface area (Å²) in [7, 11) is 0. The normalized spacial score (nSPS) is 14.3. The van der Waals surface area contributed by atoms with Crippen molar-refractivity contribution in [1.29, 1.82) is 0 Å². The van der Waals surface area contributed by atoms with Gasteiger partial charge >= 0.3 is 17.9 Å². The SMILES string of the molecule is CC(C)C[C@H](NC(=O)[C@H](CCCCN)NC(=O)[C@H](CCC(N)=O)NC(=O)CN)C(=O)N[C@H](C(=O)N[C@@H](Cc1ccccc1)C(=O)N[C@@H](Cc1ccccc1)C(=O)N[C@@H](C)C(=O)N[C@@H](CCC(=O)O)C(=O)N[C@@H](CC(=O)O)C(=O)N[C@H](C(=O)NCC(=O)O)C(C)C)C(C)C. The molecule has 20 N–H and O–H groups in total. The maximum absolute atomic E-state index is 14.7. The van der Waals surface area contributed by atoms with Crippen LogP contribution in [0.15, 0.2) is 60.7 Å². The number of hydrogen-bond donors (Lipinski definition) is 17. The second-order valence-corrected chi connectivity index (χ2v) is 23.3.